The summed E-state index contributed by atoms with van der Waals surface area (Å²) in [7, 11) is 0. The van der Waals surface area contributed by atoms with E-state index >= 15 is 0 Å². The fraction of sp³-hybridized carbons (Fsp3) is 0.0690. The van der Waals surface area contributed by atoms with E-state index in [4.69, 9.17) is 9.84 Å². The van der Waals surface area contributed by atoms with E-state index in [0.29, 0.717) is 5.01 Å². The number of carboxylic acid groups (broad SMARTS) is 1. The number of ether oxygens (including phenoxy) is 1. The van der Waals surface area contributed by atoms with Gasteiger partial charge in [0.05, 0.1) is 22.2 Å². The molecule has 178 valence electrons. The molecule has 1 heterocycles. The topological polar surface area (TPSA) is 88.5 Å². The predicted octanol–water partition coefficient (Wildman–Crippen LogP) is 6.31. The van der Waals surface area contributed by atoms with Crippen LogP contribution in [0.25, 0.3) is 21.3 Å². The first-order chi connectivity index (χ1) is 17.5. The van der Waals surface area contributed by atoms with E-state index in [1.54, 1.807) is 18.2 Å². The number of aromatic carboxylic acids is 1. The number of aromatic nitrogens is 1. The average Bonchev–Trinajstić information content (AvgIpc) is 3.30. The largest absolute Gasteiger partial charge is 0.478 e. The summed E-state index contributed by atoms with van der Waals surface area (Å²) in [4.78, 5) is 28.3. The first-order valence-corrected chi connectivity index (χ1v) is 12.2. The molecule has 0 unspecified atom stereocenters. The fourth-order valence-electron chi connectivity index (χ4n) is 3.84. The quantitative estimate of drug-likeness (QED) is 0.264. The number of benzene rings is 4. The molecule has 2 N–H and O–H groups in total. The van der Waals surface area contributed by atoms with Gasteiger partial charge in [0.15, 0.2) is 0 Å². The average molecular weight is 495 g/mol. The van der Waals surface area contributed by atoms with Crippen molar-refractivity contribution in [2.75, 3.05) is 0 Å². The van der Waals surface area contributed by atoms with E-state index in [1.807, 2.05) is 66.7 Å². The summed E-state index contributed by atoms with van der Waals surface area (Å²) < 4.78 is 7.11. The van der Waals surface area contributed by atoms with Crippen LogP contribution in [-0.4, -0.2) is 22.0 Å². The van der Waals surface area contributed by atoms with Crippen molar-refractivity contribution in [3.05, 3.63) is 113 Å². The molecule has 5 aromatic rings. The van der Waals surface area contributed by atoms with Crippen LogP contribution in [0, 0.1) is 0 Å². The second-order valence-electron chi connectivity index (χ2n) is 8.16. The van der Waals surface area contributed by atoms with Gasteiger partial charge in [-0.2, -0.15) is 0 Å². The molecule has 6 nitrogen and oxygen atoms in total. The highest BCUT2D eigenvalue weighted by Gasteiger charge is 2.13. The van der Waals surface area contributed by atoms with Gasteiger partial charge in [0.1, 0.15) is 16.5 Å². The molecule has 0 saturated carbocycles. The van der Waals surface area contributed by atoms with Crippen molar-refractivity contribution in [1.82, 2.24) is 10.3 Å². The normalized spacial score (nSPS) is 10.8. The van der Waals surface area contributed by atoms with Gasteiger partial charge in [-0.3, -0.25) is 4.79 Å². The first-order valence-electron chi connectivity index (χ1n) is 11.4. The van der Waals surface area contributed by atoms with Gasteiger partial charge in [-0.05, 0) is 53.6 Å². The molecular weight excluding hydrogens is 472 g/mol. The second-order valence-corrected chi connectivity index (χ2v) is 9.28. The molecule has 0 saturated heterocycles. The zero-order valence-corrected chi connectivity index (χ0v) is 20.0. The molecule has 0 fully saturated rings. The van der Waals surface area contributed by atoms with Gasteiger partial charge in [-0.25, -0.2) is 9.78 Å². The third kappa shape index (κ3) is 5.42. The van der Waals surface area contributed by atoms with Gasteiger partial charge < -0.3 is 15.2 Å². The molecule has 0 spiro atoms. The highest BCUT2D eigenvalue weighted by Crippen LogP contribution is 2.35. The number of nitrogens with one attached hydrogen (secondary N) is 1. The van der Waals surface area contributed by atoms with Crippen LogP contribution in [0.15, 0.2) is 97.1 Å². The molecule has 36 heavy (non-hydrogen) atoms. The highest BCUT2D eigenvalue weighted by atomic mass is 32.1. The van der Waals surface area contributed by atoms with Crippen LogP contribution in [-0.2, 0) is 17.8 Å². The van der Waals surface area contributed by atoms with Crippen molar-refractivity contribution >= 4 is 33.4 Å². The number of carboxylic acids is 1. The van der Waals surface area contributed by atoms with Gasteiger partial charge in [0.25, 0.3) is 0 Å². The Labute approximate surface area is 211 Å². The molecule has 1 amide bonds. The number of amides is 1. The summed E-state index contributed by atoms with van der Waals surface area (Å²) >= 11 is 1.48. The lowest BCUT2D eigenvalue weighted by Crippen LogP contribution is -2.24. The van der Waals surface area contributed by atoms with Crippen molar-refractivity contribution in [2.45, 2.75) is 13.0 Å². The third-order valence-electron chi connectivity index (χ3n) is 5.58. The molecule has 5 rings (SSSR count). The number of rotatable bonds is 8. The zero-order chi connectivity index (χ0) is 24.9. The van der Waals surface area contributed by atoms with E-state index in [2.05, 4.69) is 16.4 Å². The third-order valence-corrected chi connectivity index (χ3v) is 6.60. The SMILES string of the molecule is O=C(Cc1nc2ccc(-c3ccccc3Oc3ccccc3)cc2s1)NCc1cccc(C(=O)O)c1. The summed E-state index contributed by atoms with van der Waals surface area (Å²) in [5.74, 6) is 0.369. The van der Waals surface area contributed by atoms with Crippen LogP contribution in [0.4, 0.5) is 0 Å². The molecule has 0 aliphatic carbocycles. The van der Waals surface area contributed by atoms with E-state index in [9.17, 15) is 9.59 Å². The number of carbonyl (C=O) groups excluding carboxylic acids is 1. The number of para-hydroxylation sites is 2. The van der Waals surface area contributed by atoms with Crippen LogP contribution in [0.5, 0.6) is 11.5 Å². The number of hydrogen-bond donors (Lipinski definition) is 2. The molecule has 4 aromatic carbocycles. The maximum absolute atomic E-state index is 12.5. The predicted molar refractivity (Wildman–Crippen MR) is 141 cm³/mol. The number of hydrogen-bond acceptors (Lipinski definition) is 5. The molecule has 0 atom stereocenters. The van der Waals surface area contributed by atoms with Gasteiger partial charge >= 0.3 is 5.97 Å². The minimum absolute atomic E-state index is 0.154. The number of nitrogens with zero attached hydrogens (tertiary/aromatic N) is 1. The Kier molecular flexibility index (Phi) is 6.73. The van der Waals surface area contributed by atoms with Crippen LogP contribution in [0.2, 0.25) is 0 Å². The minimum atomic E-state index is -0.994. The van der Waals surface area contributed by atoms with E-state index < -0.39 is 5.97 Å². The standard InChI is InChI=1S/C29H22N2O4S/c32-27(30-18-19-7-6-8-21(15-19)29(33)34)17-28-31-24-14-13-20(16-26(24)36-28)23-11-4-5-12-25(23)35-22-9-2-1-3-10-22/h1-16H,17-18H2,(H,30,32)(H,33,34). The molecule has 7 heteroatoms. The zero-order valence-electron chi connectivity index (χ0n) is 19.2. The molecule has 0 bridgehead atoms. The highest BCUT2D eigenvalue weighted by molar-refractivity contribution is 7.18. The lowest BCUT2D eigenvalue weighted by molar-refractivity contribution is -0.120. The fourth-order valence-corrected chi connectivity index (χ4v) is 4.85. The molecular formula is C29H22N2O4S. The lowest BCUT2D eigenvalue weighted by atomic mass is 10.0. The van der Waals surface area contributed by atoms with Crippen molar-refractivity contribution in [3.8, 4) is 22.6 Å². The van der Waals surface area contributed by atoms with Crippen LogP contribution in [0.1, 0.15) is 20.9 Å². The minimum Gasteiger partial charge on any atom is -0.478 e. The molecule has 0 aliphatic rings. The van der Waals surface area contributed by atoms with Gasteiger partial charge in [0, 0.05) is 12.1 Å². The maximum atomic E-state index is 12.5. The summed E-state index contributed by atoms with van der Waals surface area (Å²) in [5, 5.41) is 12.7. The van der Waals surface area contributed by atoms with Crippen molar-refractivity contribution in [1.29, 1.82) is 0 Å². The second kappa shape index (κ2) is 10.4. The smallest absolute Gasteiger partial charge is 0.335 e. The Hall–Kier alpha value is -4.49. The first kappa shape index (κ1) is 23.3. The Balaban J connectivity index is 1.30. The van der Waals surface area contributed by atoms with E-state index in [1.165, 1.54) is 17.4 Å². The number of thiazole rings is 1. The molecule has 0 aliphatic heterocycles. The van der Waals surface area contributed by atoms with Gasteiger partial charge in [0.2, 0.25) is 5.91 Å². The molecule has 1 aromatic heterocycles. The number of fused-ring (bicyclic) bond motifs is 1. The van der Waals surface area contributed by atoms with Crippen LogP contribution >= 0.6 is 11.3 Å². The van der Waals surface area contributed by atoms with Crippen LogP contribution in [0.3, 0.4) is 0 Å². The molecule has 0 radical (unpaired) electrons. The van der Waals surface area contributed by atoms with Crippen molar-refractivity contribution in [2.24, 2.45) is 0 Å². The summed E-state index contributed by atoms with van der Waals surface area (Å²) in [6.07, 6.45) is 0.154. The summed E-state index contributed by atoms with van der Waals surface area (Å²) in [6.45, 7) is 0.257. The maximum Gasteiger partial charge on any atom is 0.335 e. The lowest BCUT2D eigenvalue weighted by Gasteiger charge is -2.11. The monoisotopic (exact) mass is 494 g/mol. The van der Waals surface area contributed by atoms with Crippen molar-refractivity contribution < 1.29 is 19.4 Å². The van der Waals surface area contributed by atoms with E-state index in [-0.39, 0.29) is 24.4 Å². The summed E-state index contributed by atoms with van der Waals surface area (Å²) in [6, 6.07) is 30.1. The Morgan fingerprint density at radius 1 is 0.889 bits per heavy atom. The summed E-state index contributed by atoms with van der Waals surface area (Å²) in [5.41, 5.74) is 3.74. The Bertz CT molecular complexity index is 1550. The van der Waals surface area contributed by atoms with Gasteiger partial charge in [-0.15, -0.1) is 11.3 Å². The van der Waals surface area contributed by atoms with E-state index in [0.717, 1.165) is 38.4 Å². The number of carbonyl (C=O) groups is 2. The Morgan fingerprint density at radius 3 is 2.53 bits per heavy atom. The van der Waals surface area contributed by atoms with Crippen LogP contribution < -0.4 is 10.1 Å². The van der Waals surface area contributed by atoms with Crippen molar-refractivity contribution in [3.63, 3.8) is 0 Å². The van der Waals surface area contributed by atoms with Gasteiger partial charge in [-0.1, -0.05) is 54.6 Å². The Morgan fingerprint density at radius 2 is 1.69 bits per heavy atom.